The highest BCUT2D eigenvalue weighted by atomic mass is 16.3. The second-order valence-corrected chi connectivity index (χ2v) is 10.6. The minimum atomic E-state index is -1.28. The lowest BCUT2D eigenvalue weighted by atomic mass is 9.44. The number of nitrogens with one attached hydrogen (secondary N) is 1. The molecule has 0 aromatic rings. The average molecular weight is 439 g/mol. The van der Waals surface area contributed by atoms with E-state index in [0.717, 1.165) is 12.1 Å². The lowest BCUT2D eigenvalue weighted by Gasteiger charge is -2.66. The number of ketones is 2. The zero-order chi connectivity index (χ0) is 22.3. The van der Waals surface area contributed by atoms with Crippen LogP contribution in [0.25, 0.3) is 0 Å². The average Bonchev–Trinajstić information content (AvgIpc) is 3.49. The number of likely N-dealkylation sites (tertiary alicyclic amines) is 1. The lowest BCUT2D eigenvalue weighted by Crippen LogP contribution is -2.78. The fourth-order valence-electron chi connectivity index (χ4n) is 7.41. The van der Waals surface area contributed by atoms with Gasteiger partial charge in [-0.3, -0.25) is 19.4 Å². The summed E-state index contributed by atoms with van der Waals surface area (Å²) in [6, 6.07) is 1.97. The van der Waals surface area contributed by atoms with Gasteiger partial charge >= 0.3 is 0 Å². The highest BCUT2D eigenvalue weighted by molar-refractivity contribution is 6.04. The van der Waals surface area contributed by atoms with Crippen LogP contribution in [0.2, 0.25) is 0 Å². The van der Waals surface area contributed by atoms with Crippen molar-refractivity contribution < 1.29 is 19.8 Å². The van der Waals surface area contributed by atoms with E-state index in [1.165, 1.54) is 25.0 Å². The Hall–Kier alpha value is -1.89. The molecule has 6 rings (SSSR count). The molecule has 2 aliphatic heterocycles. The summed E-state index contributed by atoms with van der Waals surface area (Å²) in [5.74, 6) is 0.250. The van der Waals surface area contributed by atoms with Crippen LogP contribution in [-0.4, -0.2) is 87.7 Å². The molecular formula is C24H30N4O4. The van der Waals surface area contributed by atoms with E-state index >= 15 is 0 Å². The maximum absolute atomic E-state index is 14.6. The number of piperidine rings is 1. The Balaban J connectivity index is 1.50. The molecule has 8 heteroatoms. The molecule has 3 saturated carbocycles. The predicted octanol–water partition coefficient (Wildman–Crippen LogP) is -0.124. The fourth-order valence-corrected chi connectivity index (χ4v) is 7.41. The first-order chi connectivity index (χ1) is 15.4. The number of hydrogen-bond acceptors (Lipinski definition) is 8. The quantitative estimate of drug-likeness (QED) is 0.522. The van der Waals surface area contributed by atoms with Gasteiger partial charge in [-0.15, -0.1) is 0 Å². The van der Waals surface area contributed by atoms with E-state index in [4.69, 9.17) is 0 Å². The Morgan fingerprint density at radius 3 is 2.81 bits per heavy atom. The Morgan fingerprint density at radius 2 is 2.06 bits per heavy atom. The van der Waals surface area contributed by atoms with Crippen LogP contribution in [0.1, 0.15) is 38.5 Å². The van der Waals surface area contributed by atoms with E-state index in [-0.39, 0.29) is 24.2 Å². The fraction of sp³-hybridized carbons (Fsp3) is 0.708. The van der Waals surface area contributed by atoms with Crippen molar-refractivity contribution in [3.05, 3.63) is 23.3 Å². The van der Waals surface area contributed by atoms with E-state index in [1.54, 1.807) is 0 Å². The Bertz CT molecular complexity index is 996. The van der Waals surface area contributed by atoms with Gasteiger partial charge in [-0.05, 0) is 74.3 Å². The maximum Gasteiger partial charge on any atom is 0.188 e. The van der Waals surface area contributed by atoms with Crippen molar-refractivity contribution in [2.45, 2.75) is 61.8 Å². The molecule has 2 heterocycles. The van der Waals surface area contributed by atoms with Gasteiger partial charge in [0, 0.05) is 19.1 Å². The number of fused-ring (bicyclic) bond motifs is 1. The Kier molecular flexibility index (Phi) is 4.41. The van der Waals surface area contributed by atoms with Crippen LogP contribution in [0.15, 0.2) is 23.3 Å². The zero-order valence-corrected chi connectivity index (χ0v) is 18.2. The van der Waals surface area contributed by atoms with Gasteiger partial charge in [0.15, 0.2) is 11.6 Å². The molecule has 3 N–H and O–H groups in total. The van der Waals surface area contributed by atoms with Gasteiger partial charge in [-0.2, -0.15) is 5.26 Å². The number of Topliss-reactive ketones (excluding diaryl/α,β-unsaturated/α-hetero) is 1. The predicted molar refractivity (Wildman–Crippen MR) is 114 cm³/mol. The number of carbonyl (C=O) groups excluding carboxylic acids is 2. The molecule has 4 aliphatic carbocycles. The van der Waals surface area contributed by atoms with Crippen LogP contribution < -0.4 is 5.32 Å². The molecule has 32 heavy (non-hydrogen) atoms. The van der Waals surface area contributed by atoms with Gasteiger partial charge in [0.25, 0.3) is 0 Å². The van der Waals surface area contributed by atoms with Crippen LogP contribution in [0.4, 0.5) is 0 Å². The topological polar surface area (TPSA) is 117 Å². The summed E-state index contributed by atoms with van der Waals surface area (Å²) in [6.07, 6.45) is 6.13. The van der Waals surface area contributed by atoms with E-state index in [2.05, 4.69) is 16.3 Å². The summed E-state index contributed by atoms with van der Waals surface area (Å²) in [6.45, 7) is 2.70. The first kappa shape index (κ1) is 20.7. The number of hydrogen-bond donors (Lipinski definition) is 3. The molecule has 1 spiro atoms. The highest BCUT2D eigenvalue weighted by Crippen LogP contribution is 2.64. The third kappa shape index (κ3) is 2.49. The maximum atomic E-state index is 14.6. The van der Waals surface area contributed by atoms with Crippen LogP contribution in [0.5, 0.6) is 0 Å². The Labute approximate surface area is 187 Å². The normalized spacial score (nSPS) is 44.0. The van der Waals surface area contributed by atoms with Crippen LogP contribution in [0.3, 0.4) is 0 Å². The van der Waals surface area contributed by atoms with Crippen LogP contribution >= 0.6 is 0 Å². The van der Waals surface area contributed by atoms with Crippen molar-refractivity contribution in [1.29, 1.82) is 5.26 Å². The van der Waals surface area contributed by atoms with Crippen molar-refractivity contribution in [3.63, 3.8) is 0 Å². The smallest absolute Gasteiger partial charge is 0.188 e. The summed E-state index contributed by atoms with van der Waals surface area (Å²) >= 11 is 0. The first-order valence-electron chi connectivity index (χ1n) is 11.8. The van der Waals surface area contributed by atoms with Crippen molar-refractivity contribution in [3.8, 4) is 6.07 Å². The SMILES string of the molecule is N#CCN1CNC[C@]12CC[C@@]1(O)[C@H]3CC4=CC(=O)C(O)C=C4[C@@]1(CCN3CC1CC1)C2=O. The molecule has 5 fully saturated rings. The van der Waals surface area contributed by atoms with E-state index in [1.807, 2.05) is 4.90 Å². The molecule has 0 radical (unpaired) electrons. The summed E-state index contributed by atoms with van der Waals surface area (Å²) in [4.78, 5) is 31.2. The van der Waals surface area contributed by atoms with E-state index < -0.39 is 22.7 Å². The second-order valence-electron chi connectivity index (χ2n) is 10.6. The monoisotopic (exact) mass is 438 g/mol. The van der Waals surface area contributed by atoms with Crippen molar-refractivity contribution >= 4 is 11.6 Å². The third-order valence-corrected chi connectivity index (χ3v) is 9.16. The van der Waals surface area contributed by atoms with Gasteiger partial charge in [-0.1, -0.05) is 0 Å². The van der Waals surface area contributed by atoms with E-state index in [0.29, 0.717) is 56.9 Å². The van der Waals surface area contributed by atoms with Gasteiger partial charge in [0.05, 0.1) is 35.8 Å². The minimum Gasteiger partial charge on any atom is -0.387 e. The molecule has 0 amide bonds. The number of aliphatic hydroxyl groups is 2. The van der Waals surface area contributed by atoms with Gasteiger partial charge in [0.1, 0.15) is 6.10 Å². The van der Waals surface area contributed by atoms with E-state index in [9.17, 15) is 25.1 Å². The van der Waals surface area contributed by atoms with Gasteiger partial charge in [-0.25, -0.2) is 0 Å². The van der Waals surface area contributed by atoms with Gasteiger partial charge in [0.2, 0.25) is 0 Å². The Morgan fingerprint density at radius 1 is 1.25 bits per heavy atom. The van der Waals surface area contributed by atoms with Crippen LogP contribution in [-0.2, 0) is 9.59 Å². The molecule has 2 bridgehead atoms. The van der Waals surface area contributed by atoms with Crippen molar-refractivity contribution in [2.75, 3.05) is 32.8 Å². The second kappa shape index (κ2) is 6.81. The third-order valence-electron chi connectivity index (χ3n) is 9.16. The molecule has 0 aromatic heterocycles. The molecule has 170 valence electrons. The highest BCUT2D eigenvalue weighted by Gasteiger charge is 2.74. The molecule has 5 atom stereocenters. The number of aliphatic hydroxyl groups excluding tert-OH is 1. The standard InChI is InChI=1S/C24H30N4O4/c25-6-8-28-14-26-13-22(28)3-4-24(32)20-10-16-9-18(29)19(30)11-17(16)23(24,21(22)31)5-7-27(20)12-15-1-2-15/h9,11,15,19-20,26,30,32H,1-5,7-8,10,12-14H2/t19?,20-,22+,23+,24-/m1/s1. The number of nitrogens with zero attached hydrogens (tertiary/aromatic N) is 3. The summed E-state index contributed by atoms with van der Waals surface area (Å²) in [7, 11) is 0. The summed E-state index contributed by atoms with van der Waals surface area (Å²) in [5.41, 5.74) is -1.81. The minimum absolute atomic E-state index is 0.0477. The molecule has 6 aliphatic rings. The molecule has 1 unspecified atom stereocenters. The van der Waals surface area contributed by atoms with Crippen LogP contribution in [0, 0.1) is 22.7 Å². The summed E-state index contributed by atoms with van der Waals surface area (Å²) < 4.78 is 0. The van der Waals surface area contributed by atoms with Gasteiger partial charge < -0.3 is 15.5 Å². The largest absolute Gasteiger partial charge is 0.387 e. The first-order valence-corrected chi connectivity index (χ1v) is 11.8. The number of rotatable bonds is 3. The number of nitriles is 1. The lowest BCUT2D eigenvalue weighted by molar-refractivity contribution is -0.204. The molecule has 8 nitrogen and oxygen atoms in total. The molecular weight excluding hydrogens is 408 g/mol. The molecule has 2 saturated heterocycles. The number of carbonyl (C=O) groups is 2. The molecule has 0 aromatic carbocycles. The summed E-state index contributed by atoms with van der Waals surface area (Å²) in [5, 5.41) is 35.5. The van der Waals surface area contributed by atoms with Crippen molar-refractivity contribution in [2.24, 2.45) is 11.3 Å². The zero-order valence-electron chi connectivity index (χ0n) is 18.2. The van der Waals surface area contributed by atoms with Crippen molar-refractivity contribution in [1.82, 2.24) is 15.1 Å².